The van der Waals surface area contributed by atoms with E-state index >= 15 is 0 Å². The Bertz CT molecular complexity index is 368. The first-order valence-corrected chi connectivity index (χ1v) is 5.46. The quantitative estimate of drug-likeness (QED) is 0.787. The molecule has 1 heterocycles. The molecule has 88 valence electrons. The lowest BCUT2D eigenvalue weighted by Crippen LogP contribution is -2.22. The van der Waals surface area contributed by atoms with Crippen LogP contribution in [0.5, 0.6) is 5.75 Å². The molecule has 1 aromatic rings. The molecule has 1 aliphatic rings. The minimum atomic E-state index is 0.322. The van der Waals surface area contributed by atoms with Gasteiger partial charge < -0.3 is 20.1 Å². The summed E-state index contributed by atoms with van der Waals surface area (Å²) in [5.74, 6) is 0.830. The zero-order valence-corrected chi connectivity index (χ0v) is 9.77. The molecule has 2 N–H and O–H groups in total. The number of anilines is 2. The van der Waals surface area contributed by atoms with Gasteiger partial charge in [-0.3, -0.25) is 0 Å². The van der Waals surface area contributed by atoms with Gasteiger partial charge in [0.2, 0.25) is 0 Å². The molecule has 2 rings (SSSR count). The number of hydrogen-bond acceptors (Lipinski definition) is 4. The Morgan fingerprint density at radius 1 is 1.38 bits per heavy atom. The molecular weight excluding hydrogens is 204 g/mol. The lowest BCUT2D eigenvalue weighted by Gasteiger charge is -2.21. The van der Waals surface area contributed by atoms with E-state index in [0.717, 1.165) is 36.6 Å². The maximum atomic E-state index is 5.73. The second-order valence-electron chi connectivity index (χ2n) is 4.02. The Kier molecular flexibility index (Phi) is 3.19. The molecule has 4 heteroatoms. The maximum Gasteiger partial charge on any atom is 0.144 e. The Balaban J connectivity index is 2.20. The van der Waals surface area contributed by atoms with Crippen LogP contribution in [-0.2, 0) is 4.74 Å². The van der Waals surface area contributed by atoms with Gasteiger partial charge in [-0.25, -0.2) is 0 Å². The fraction of sp³-hybridized carbons (Fsp3) is 0.500. The zero-order chi connectivity index (χ0) is 11.5. The molecule has 1 unspecified atom stereocenters. The van der Waals surface area contributed by atoms with Gasteiger partial charge >= 0.3 is 0 Å². The van der Waals surface area contributed by atoms with Crippen LogP contribution in [0.4, 0.5) is 11.4 Å². The summed E-state index contributed by atoms with van der Waals surface area (Å²) in [4.78, 5) is 2.27. The summed E-state index contributed by atoms with van der Waals surface area (Å²) in [7, 11) is 3.43. The van der Waals surface area contributed by atoms with Crippen LogP contribution in [0.3, 0.4) is 0 Å². The number of rotatable bonds is 3. The van der Waals surface area contributed by atoms with Crippen molar-refractivity contribution in [1.29, 1.82) is 0 Å². The van der Waals surface area contributed by atoms with Gasteiger partial charge in [-0.15, -0.1) is 0 Å². The van der Waals surface area contributed by atoms with E-state index < -0.39 is 0 Å². The van der Waals surface area contributed by atoms with E-state index in [-0.39, 0.29) is 0 Å². The van der Waals surface area contributed by atoms with Crippen molar-refractivity contribution in [1.82, 2.24) is 0 Å². The van der Waals surface area contributed by atoms with Crippen LogP contribution in [0.2, 0.25) is 0 Å². The average Bonchev–Trinajstić information content (AvgIpc) is 2.77. The molecular formula is C12H18N2O2. The van der Waals surface area contributed by atoms with Crippen molar-refractivity contribution in [3.8, 4) is 5.75 Å². The lowest BCUT2D eigenvalue weighted by molar-refractivity contribution is 0.121. The molecule has 0 spiro atoms. The molecule has 1 aliphatic heterocycles. The molecule has 0 aromatic heterocycles. The van der Waals surface area contributed by atoms with E-state index in [1.165, 1.54) is 0 Å². The van der Waals surface area contributed by atoms with Gasteiger partial charge in [0.25, 0.3) is 0 Å². The fourth-order valence-electron chi connectivity index (χ4n) is 2.09. The summed E-state index contributed by atoms with van der Waals surface area (Å²) >= 11 is 0. The van der Waals surface area contributed by atoms with E-state index in [1.807, 2.05) is 18.2 Å². The summed E-state index contributed by atoms with van der Waals surface area (Å²) in [6, 6.07) is 5.76. The van der Waals surface area contributed by atoms with Gasteiger partial charge in [0.05, 0.1) is 18.9 Å². The normalized spacial score (nSPS) is 20.1. The summed E-state index contributed by atoms with van der Waals surface area (Å²) in [6.07, 6.45) is 1.38. The van der Waals surface area contributed by atoms with Crippen molar-refractivity contribution in [3.63, 3.8) is 0 Å². The van der Waals surface area contributed by atoms with Crippen LogP contribution in [0, 0.1) is 0 Å². The van der Waals surface area contributed by atoms with Crippen LogP contribution in [0.1, 0.15) is 6.42 Å². The predicted octanol–water partition coefficient (Wildman–Crippen LogP) is 1.50. The first-order chi connectivity index (χ1) is 7.74. The van der Waals surface area contributed by atoms with Gasteiger partial charge in [-0.1, -0.05) is 0 Å². The topological polar surface area (TPSA) is 47.7 Å². The minimum Gasteiger partial charge on any atom is -0.495 e. The number of nitrogens with two attached hydrogens (primary N) is 1. The maximum absolute atomic E-state index is 5.73. The molecule has 1 fully saturated rings. The molecule has 0 saturated carbocycles. The molecule has 0 aliphatic carbocycles. The van der Waals surface area contributed by atoms with Crippen molar-refractivity contribution in [2.45, 2.75) is 12.5 Å². The van der Waals surface area contributed by atoms with Gasteiger partial charge in [-0.2, -0.15) is 0 Å². The second kappa shape index (κ2) is 4.61. The third-order valence-corrected chi connectivity index (χ3v) is 3.02. The highest BCUT2D eigenvalue weighted by molar-refractivity contribution is 5.64. The monoisotopic (exact) mass is 222 g/mol. The number of methoxy groups -OCH3 is 2. The number of ether oxygens (including phenoxy) is 2. The number of nitrogen functional groups attached to an aromatic ring is 1. The smallest absolute Gasteiger partial charge is 0.144 e. The second-order valence-corrected chi connectivity index (χ2v) is 4.02. The minimum absolute atomic E-state index is 0.322. The number of hydrogen-bond donors (Lipinski definition) is 1. The lowest BCUT2D eigenvalue weighted by atomic mass is 10.2. The highest BCUT2D eigenvalue weighted by Gasteiger charge is 2.24. The van der Waals surface area contributed by atoms with E-state index in [2.05, 4.69) is 4.90 Å². The molecule has 1 saturated heterocycles. The van der Waals surface area contributed by atoms with Crippen molar-refractivity contribution < 1.29 is 9.47 Å². The van der Waals surface area contributed by atoms with Crippen LogP contribution < -0.4 is 15.4 Å². The third-order valence-electron chi connectivity index (χ3n) is 3.02. The summed E-state index contributed by atoms with van der Waals surface area (Å²) in [6.45, 7) is 1.91. The first kappa shape index (κ1) is 11.1. The average molecular weight is 222 g/mol. The zero-order valence-electron chi connectivity index (χ0n) is 9.77. The molecule has 4 nitrogen and oxygen atoms in total. The molecule has 16 heavy (non-hydrogen) atoms. The Morgan fingerprint density at radius 2 is 2.19 bits per heavy atom. The summed E-state index contributed by atoms with van der Waals surface area (Å²) in [5, 5.41) is 0. The number of benzene rings is 1. The van der Waals surface area contributed by atoms with E-state index in [4.69, 9.17) is 15.2 Å². The molecule has 0 bridgehead atoms. The van der Waals surface area contributed by atoms with Gasteiger partial charge in [0.1, 0.15) is 5.75 Å². The summed E-state index contributed by atoms with van der Waals surface area (Å²) in [5.41, 5.74) is 7.55. The standard InChI is InChI=1S/C12H18N2O2/c1-15-10-5-6-14(8-10)11-4-3-9(13)7-12(11)16-2/h3-4,7,10H,5-6,8,13H2,1-2H3. The van der Waals surface area contributed by atoms with Crippen LogP contribution in [0.15, 0.2) is 18.2 Å². The predicted molar refractivity (Wildman–Crippen MR) is 65.0 cm³/mol. The molecule has 0 radical (unpaired) electrons. The van der Waals surface area contributed by atoms with Crippen LogP contribution >= 0.6 is 0 Å². The molecule has 1 aromatic carbocycles. The van der Waals surface area contributed by atoms with Crippen molar-refractivity contribution >= 4 is 11.4 Å². The third kappa shape index (κ3) is 2.07. The van der Waals surface area contributed by atoms with Crippen LogP contribution in [0.25, 0.3) is 0 Å². The van der Waals surface area contributed by atoms with Gasteiger partial charge in [0.15, 0.2) is 0 Å². The first-order valence-electron chi connectivity index (χ1n) is 5.46. The van der Waals surface area contributed by atoms with E-state index in [1.54, 1.807) is 14.2 Å². The van der Waals surface area contributed by atoms with E-state index in [0.29, 0.717) is 6.10 Å². The van der Waals surface area contributed by atoms with E-state index in [9.17, 15) is 0 Å². The van der Waals surface area contributed by atoms with Gasteiger partial charge in [-0.05, 0) is 18.6 Å². The molecule has 1 atom stereocenters. The largest absolute Gasteiger partial charge is 0.495 e. The molecule has 0 amide bonds. The van der Waals surface area contributed by atoms with Crippen molar-refractivity contribution in [2.75, 3.05) is 37.9 Å². The van der Waals surface area contributed by atoms with Crippen LogP contribution in [-0.4, -0.2) is 33.4 Å². The van der Waals surface area contributed by atoms with Crippen molar-refractivity contribution in [3.05, 3.63) is 18.2 Å². The Hall–Kier alpha value is -1.42. The van der Waals surface area contributed by atoms with Crippen molar-refractivity contribution in [2.24, 2.45) is 0 Å². The Morgan fingerprint density at radius 3 is 2.81 bits per heavy atom. The number of nitrogens with zero attached hydrogens (tertiary/aromatic N) is 1. The fourth-order valence-corrected chi connectivity index (χ4v) is 2.09. The SMILES string of the molecule is COc1cc(N)ccc1N1CCC(OC)C1. The Labute approximate surface area is 95.9 Å². The highest BCUT2D eigenvalue weighted by atomic mass is 16.5. The summed E-state index contributed by atoms with van der Waals surface area (Å²) < 4.78 is 10.7. The van der Waals surface area contributed by atoms with Gasteiger partial charge in [0, 0.05) is 32.0 Å². The highest BCUT2D eigenvalue weighted by Crippen LogP contribution is 2.32.